The first kappa shape index (κ1) is 12.4. The Kier molecular flexibility index (Phi) is 3.72. The Morgan fingerprint density at radius 2 is 2.12 bits per heavy atom. The van der Waals surface area contributed by atoms with E-state index in [9.17, 15) is 0 Å². The third-order valence-electron chi connectivity index (χ3n) is 2.87. The molecule has 0 saturated heterocycles. The van der Waals surface area contributed by atoms with Crippen molar-refractivity contribution in [3.05, 3.63) is 11.0 Å². The molecule has 0 unspecified atom stereocenters. The molecule has 0 bridgehead atoms. The molecule has 0 radical (unpaired) electrons. The Labute approximate surface area is 107 Å². The lowest BCUT2D eigenvalue weighted by Gasteiger charge is -2.11. The molecule has 0 aliphatic heterocycles. The first-order valence-electron chi connectivity index (χ1n) is 6.14. The Bertz CT molecular complexity index is 402. The number of halogens is 1. The van der Waals surface area contributed by atoms with Crippen LogP contribution in [0.2, 0.25) is 5.15 Å². The summed E-state index contributed by atoms with van der Waals surface area (Å²) in [6.45, 7) is 5.24. The number of rotatable bonds is 5. The van der Waals surface area contributed by atoms with Gasteiger partial charge in [-0.3, -0.25) is 0 Å². The number of hydrogen-bond donors (Lipinski definition) is 2. The molecule has 1 aromatic heterocycles. The van der Waals surface area contributed by atoms with Gasteiger partial charge in [-0.25, -0.2) is 9.97 Å². The van der Waals surface area contributed by atoms with Crippen LogP contribution in [-0.2, 0) is 0 Å². The van der Waals surface area contributed by atoms with Crippen LogP contribution in [0.5, 0.6) is 0 Å². The number of nitrogens with zero attached hydrogens (tertiary/aromatic N) is 2. The van der Waals surface area contributed by atoms with Gasteiger partial charge in [-0.15, -0.1) is 0 Å². The fourth-order valence-corrected chi connectivity index (χ4v) is 1.77. The minimum atomic E-state index is 0.369. The summed E-state index contributed by atoms with van der Waals surface area (Å²) in [6, 6.07) is 0. The Morgan fingerprint density at radius 3 is 2.71 bits per heavy atom. The quantitative estimate of drug-likeness (QED) is 0.793. The lowest BCUT2D eigenvalue weighted by atomic mass is 10.1. The van der Waals surface area contributed by atoms with E-state index in [1.807, 2.05) is 0 Å². The van der Waals surface area contributed by atoms with E-state index >= 15 is 0 Å². The van der Waals surface area contributed by atoms with E-state index in [2.05, 4.69) is 29.1 Å². The van der Waals surface area contributed by atoms with E-state index in [1.165, 1.54) is 0 Å². The standard InChI is InChI=1S/C12H19ClN4/c1-7(2)5-6-15-12-9(14)10(13)16-11(17-12)8-3-4-8/h7-8H,3-6,14H2,1-2H3,(H,15,16,17). The molecule has 0 spiro atoms. The second kappa shape index (κ2) is 5.08. The maximum absolute atomic E-state index is 6.02. The van der Waals surface area contributed by atoms with Crippen molar-refractivity contribution < 1.29 is 0 Å². The van der Waals surface area contributed by atoms with Crippen LogP contribution < -0.4 is 11.1 Å². The molecule has 1 aliphatic carbocycles. The summed E-state index contributed by atoms with van der Waals surface area (Å²) in [5.74, 6) is 2.66. The lowest BCUT2D eigenvalue weighted by molar-refractivity contribution is 0.606. The highest BCUT2D eigenvalue weighted by Gasteiger charge is 2.28. The number of anilines is 2. The normalized spacial score (nSPS) is 15.3. The third-order valence-corrected chi connectivity index (χ3v) is 3.16. The summed E-state index contributed by atoms with van der Waals surface area (Å²) < 4.78 is 0. The second-order valence-corrected chi connectivity index (χ2v) is 5.38. The summed E-state index contributed by atoms with van der Waals surface area (Å²) in [5, 5.41) is 3.62. The molecule has 1 heterocycles. The summed E-state index contributed by atoms with van der Waals surface area (Å²) in [4.78, 5) is 8.69. The summed E-state index contributed by atoms with van der Waals surface area (Å²) in [5.41, 5.74) is 6.33. The first-order chi connectivity index (χ1) is 8.08. The highest BCUT2D eigenvalue weighted by molar-refractivity contribution is 6.32. The fraction of sp³-hybridized carbons (Fsp3) is 0.667. The number of nitrogen functional groups attached to an aromatic ring is 1. The van der Waals surface area contributed by atoms with Gasteiger partial charge in [-0.2, -0.15) is 0 Å². The monoisotopic (exact) mass is 254 g/mol. The van der Waals surface area contributed by atoms with Gasteiger partial charge in [0.1, 0.15) is 11.5 Å². The Balaban J connectivity index is 2.08. The van der Waals surface area contributed by atoms with Crippen molar-refractivity contribution in [2.24, 2.45) is 5.92 Å². The van der Waals surface area contributed by atoms with Gasteiger partial charge in [0.25, 0.3) is 0 Å². The van der Waals surface area contributed by atoms with Gasteiger partial charge in [0, 0.05) is 12.5 Å². The van der Waals surface area contributed by atoms with Crippen LogP contribution in [0.25, 0.3) is 0 Å². The molecule has 0 aromatic carbocycles. The Hall–Kier alpha value is -1.03. The van der Waals surface area contributed by atoms with Crippen molar-refractivity contribution in [2.45, 2.75) is 39.0 Å². The molecule has 1 aromatic rings. The van der Waals surface area contributed by atoms with Crippen LogP contribution in [0.1, 0.15) is 44.9 Å². The van der Waals surface area contributed by atoms with Crippen LogP contribution in [0, 0.1) is 5.92 Å². The van der Waals surface area contributed by atoms with Gasteiger partial charge in [0.15, 0.2) is 11.0 Å². The predicted octanol–water partition coefficient (Wildman–Crippen LogP) is 3.05. The van der Waals surface area contributed by atoms with E-state index in [-0.39, 0.29) is 0 Å². The minimum Gasteiger partial charge on any atom is -0.393 e. The van der Waals surface area contributed by atoms with Gasteiger partial charge in [-0.1, -0.05) is 25.4 Å². The van der Waals surface area contributed by atoms with Crippen LogP contribution >= 0.6 is 11.6 Å². The molecule has 5 heteroatoms. The third kappa shape index (κ3) is 3.22. The minimum absolute atomic E-state index is 0.369. The fourth-order valence-electron chi connectivity index (χ4n) is 1.60. The van der Waals surface area contributed by atoms with Crippen LogP contribution in [0.15, 0.2) is 0 Å². The molecule has 1 aliphatic rings. The van der Waals surface area contributed by atoms with Crippen molar-refractivity contribution in [2.75, 3.05) is 17.6 Å². The molecule has 0 atom stereocenters. The number of aromatic nitrogens is 2. The number of nitrogens with one attached hydrogen (secondary N) is 1. The van der Waals surface area contributed by atoms with E-state index in [4.69, 9.17) is 17.3 Å². The summed E-state index contributed by atoms with van der Waals surface area (Å²) in [7, 11) is 0. The van der Waals surface area contributed by atoms with Crippen molar-refractivity contribution in [3.63, 3.8) is 0 Å². The average molecular weight is 255 g/mol. The SMILES string of the molecule is CC(C)CCNc1nc(C2CC2)nc(Cl)c1N. The molecule has 1 fully saturated rings. The first-order valence-corrected chi connectivity index (χ1v) is 6.52. The zero-order chi connectivity index (χ0) is 12.4. The van der Waals surface area contributed by atoms with Crippen LogP contribution in [0.4, 0.5) is 11.5 Å². The van der Waals surface area contributed by atoms with Gasteiger partial charge in [0.2, 0.25) is 0 Å². The molecule has 94 valence electrons. The molecular formula is C12H19ClN4. The second-order valence-electron chi connectivity index (χ2n) is 5.02. The highest BCUT2D eigenvalue weighted by Crippen LogP contribution is 2.40. The molecule has 17 heavy (non-hydrogen) atoms. The van der Waals surface area contributed by atoms with Gasteiger partial charge in [-0.05, 0) is 25.2 Å². The molecule has 0 amide bonds. The zero-order valence-electron chi connectivity index (χ0n) is 10.3. The van der Waals surface area contributed by atoms with Crippen molar-refractivity contribution in [1.29, 1.82) is 0 Å². The largest absolute Gasteiger partial charge is 0.393 e. The van der Waals surface area contributed by atoms with Gasteiger partial charge in [0.05, 0.1) is 0 Å². The molecule has 2 rings (SSSR count). The zero-order valence-corrected chi connectivity index (χ0v) is 11.1. The summed E-state index contributed by atoms with van der Waals surface area (Å²) >= 11 is 6.02. The topological polar surface area (TPSA) is 63.8 Å². The number of nitrogens with two attached hydrogens (primary N) is 1. The molecule has 4 nitrogen and oxygen atoms in total. The summed E-state index contributed by atoms with van der Waals surface area (Å²) in [6.07, 6.45) is 3.40. The maximum Gasteiger partial charge on any atom is 0.157 e. The molecular weight excluding hydrogens is 236 g/mol. The number of hydrogen-bond acceptors (Lipinski definition) is 4. The van der Waals surface area contributed by atoms with Crippen LogP contribution in [0.3, 0.4) is 0 Å². The van der Waals surface area contributed by atoms with E-state index in [0.29, 0.717) is 28.5 Å². The van der Waals surface area contributed by atoms with Gasteiger partial charge < -0.3 is 11.1 Å². The maximum atomic E-state index is 6.02. The van der Waals surface area contributed by atoms with Crippen LogP contribution in [-0.4, -0.2) is 16.5 Å². The smallest absolute Gasteiger partial charge is 0.157 e. The predicted molar refractivity (Wildman–Crippen MR) is 71.4 cm³/mol. The van der Waals surface area contributed by atoms with E-state index in [1.54, 1.807) is 0 Å². The Morgan fingerprint density at radius 1 is 1.41 bits per heavy atom. The van der Waals surface area contributed by atoms with Gasteiger partial charge >= 0.3 is 0 Å². The molecule has 3 N–H and O–H groups in total. The molecule has 1 saturated carbocycles. The average Bonchev–Trinajstić information content (AvgIpc) is 3.07. The van der Waals surface area contributed by atoms with Crippen molar-refractivity contribution in [3.8, 4) is 0 Å². The lowest BCUT2D eigenvalue weighted by Crippen LogP contribution is -2.11. The highest BCUT2D eigenvalue weighted by atomic mass is 35.5. The van der Waals surface area contributed by atoms with Crippen molar-refractivity contribution in [1.82, 2.24) is 9.97 Å². The van der Waals surface area contributed by atoms with E-state index in [0.717, 1.165) is 31.6 Å². The van der Waals surface area contributed by atoms with Crippen molar-refractivity contribution >= 4 is 23.1 Å². The van der Waals surface area contributed by atoms with E-state index < -0.39 is 0 Å².